The maximum Gasteiger partial charge on any atom is 0.0718 e. The van der Waals surface area contributed by atoms with Crippen molar-refractivity contribution in [2.45, 2.75) is 13.2 Å². The molecule has 0 fully saturated rings. The molecule has 0 atom stereocenters. The Hall–Kier alpha value is -0.900. The second-order valence-corrected chi connectivity index (χ2v) is 3.02. The van der Waals surface area contributed by atoms with Crippen molar-refractivity contribution in [1.29, 1.82) is 0 Å². The molecule has 0 spiro atoms. The molecule has 0 aliphatic heterocycles. The number of hydrogen-bond acceptors (Lipinski definition) is 3. The Morgan fingerprint density at radius 1 is 1.21 bits per heavy atom. The van der Waals surface area contributed by atoms with Gasteiger partial charge in [-0.1, -0.05) is 24.3 Å². The van der Waals surface area contributed by atoms with E-state index in [4.69, 9.17) is 14.6 Å². The third-order valence-corrected chi connectivity index (χ3v) is 1.87. The van der Waals surface area contributed by atoms with E-state index in [1.165, 1.54) is 0 Å². The molecule has 0 aliphatic rings. The van der Waals surface area contributed by atoms with E-state index >= 15 is 0 Å². The predicted molar refractivity (Wildman–Crippen MR) is 53.9 cm³/mol. The van der Waals surface area contributed by atoms with Crippen molar-refractivity contribution in [3.05, 3.63) is 35.4 Å². The molecule has 1 aromatic rings. The van der Waals surface area contributed by atoms with Crippen LogP contribution in [0.5, 0.6) is 0 Å². The van der Waals surface area contributed by atoms with Crippen LogP contribution < -0.4 is 0 Å². The Morgan fingerprint density at radius 2 is 2.00 bits per heavy atom. The van der Waals surface area contributed by atoms with Gasteiger partial charge in [0.1, 0.15) is 0 Å². The van der Waals surface area contributed by atoms with Gasteiger partial charge in [-0.3, -0.25) is 0 Å². The minimum atomic E-state index is 0.0753. The summed E-state index contributed by atoms with van der Waals surface area (Å²) in [5, 5.41) is 8.91. The fourth-order valence-corrected chi connectivity index (χ4v) is 1.15. The first-order chi connectivity index (χ1) is 6.86. The van der Waals surface area contributed by atoms with Crippen LogP contribution in [-0.4, -0.2) is 25.4 Å². The standard InChI is InChI=1S/C11H16O3/c1-13-5-6-14-9-11-4-2-3-10(7-11)8-12/h2-4,7,12H,5-6,8-9H2,1H3. The van der Waals surface area contributed by atoms with Crippen LogP contribution in [0.2, 0.25) is 0 Å². The lowest BCUT2D eigenvalue weighted by molar-refractivity contribution is 0.0616. The molecule has 0 saturated carbocycles. The van der Waals surface area contributed by atoms with Gasteiger partial charge in [0.15, 0.2) is 0 Å². The lowest BCUT2D eigenvalue weighted by atomic mass is 10.1. The van der Waals surface area contributed by atoms with Crippen LogP contribution in [0.1, 0.15) is 11.1 Å². The third-order valence-electron chi connectivity index (χ3n) is 1.87. The highest BCUT2D eigenvalue weighted by atomic mass is 16.5. The highest BCUT2D eigenvalue weighted by Gasteiger charge is 1.95. The summed E-state index contributed by atoms with van der Waals surface area (Å²) in [5.74, 6) is 0. The first-order valence-electron chi connectivity index (χ1n) is 4.62. The molecular formula is C11H16O3. The summed E-state index contributed by atoms with van der Waals surface area (Å²) < 4.78 is 10.2. The van der Waals surface area contributed by atoms with E-state index in [1.807, 2.05) is 24.3 Å². The molecule has 3 heteroatoms. The summed E-state index contributed by atoms with van der Waals surface area (Å²) >= 11 is 0. The fraction of sp³-hybridized carbons (Fsp3) is 0.455. The Labute approximate surface area is 84.3 Å². The highest BCUT2D eigenvalue weighted by Crippen LogP contribution is 2.06. The number of rotatable bonds is 6. The van der Waals surface area contributed by atoms with Gasteiger partial charge < -0.3 is 14.6 Å². The topological polar surface area (TPSA) is 38.7 Å². The van der Waals surface area contributed by atoms with Gasteiger partial charge >= 0.3 is 0 Å². The van der Waals surface area contributed by atoms with E-state index < -0.39 is 0 Å². The number of methoxy groups -OCH3 is 1. The lowest BCUT2D eigenvalue weighted by Crippen LogP contribution is -2.01. The molecule has 0 unspecified atom stereocenters. The number of benzene rings is 1. The van der Waals surface area contributed by atoms with Crippen molar-refractivity contribution >= 4 is 0 Å². The van der Waals surface area contributed by atoms with Crippen molar-refractivity contribution in [3.63, 3.8) is 0 Å². The van der Waals surface area contributed by atoms with Crippen LogP contribution in [0, 0.1) is 0 Å². The molecule has 0 heterocycles. The van der Waals surface area contributed by atoms with Crippen molar-refractivity contribution in [2.24, 2.45) is 0 Å². The Morgan fingerprint density at radius 3 is 2.71 bits per heavy atom. The van der Waals surface area contributed by atoms with Crippen LogP contribution in [-0.2, 0) is 22.7 Å². The van der Waals surface area contributed by atoms with Crippen molar-refractivity contribution < 1.29 is 14.6 Å². The van der Waals surface area contributed by atoms with Crippen molar-refractivity contribution in [2.75, 3.05) is 20.3 Å². The van der Waals surface area contributed by atoms with Gasteiger partial charge in [0.2, 0.25) is 0 Å². The highest BCUT2D eigenvalue weighted by molar-refractivity contribution is 5.22. The minimum absolute atomic E-state index is 0.0753. The molecule has 0 aliphatic carbocycles. The van der Waals surface area contributed by atoms with Crippen LogP contribution in [0.3, 0.4) is 0 Å². The normalized spacial score (nSPS) is 10.4. The summed E-state index contributed by atoms with van der Waals surface area (Å²) in [6.07, 6.45) is 0. The molecule has 0 aromatic heterocycles. The smallest absolute Gasteiger partial charge is 0.0718 e. The third kappa shape index (κ3) is 3.87. The van der Waals surface area contributed by atoms with E-state index in [0.29, 0.717) is 19.8 Å². The van der Waals surface area contributed by atoms with Crippen molar-refractivity contribution in [1.82, 2.24) is 0 Å². The van der Waals surface area contributed by atoms with E-state index in [1.54, 1.807) is 7.11 Å². The first-order valence-corrected chi connectivity index (χ1v) is 4.62. The lowest BCUT2D eigenvalue weighted by Gasteiger charge is -2.04. The summed E-state index contributed by atoms with van der Waals surface area (Å²) in [7, 11) is 1.65. The van der Waals surface area contributed by atoms with Gasteiger partial charge in [-0.2, -0.15) is 0 Å². The number of aliphatic hydroxyl groups excluding tert-OH is 1. The Bertz CT molecular complexity index is 260. The van der Waals surface area contributed by atoms with E-state index in [2.05, 4.69) is 0 Å². The molecule has 1 N–H and O–H groups in total. The van der Waals surface area contributed by atoms with Crippen LogP contribution >= 0.6 is 0 Å². The maximum atomic E-state index is 8.91. The second-order valence-electron chi connectivity index (χ2n) is 3.02. The average Bonchev–Trinajstić information content (AvgIpc) is 2.25. The monoisotopic (exact) mass is 196 g/mol. The maximum absolute atomic E-state index is 8.91. The second kappa shape index (κ2) is 6.54. The molecule has 0 bridgehead atoms. The van der Waals surface area contributed by atoms with Crippen molar-refractivity contribution in [3.8, 4) is 0 Å². The molecule has 3 nitrogen and oxygen atoms in total. The Balaban J connectivity index is 2.34. The zero-order valence-corrected chi connectivity index (χ0v) is 8.40. The van der Waals surface area contributed by atoms with Crippen LogP contribution in [0.4, 0.5) is 0 Å². The summed E-state index contributed by atoms with van der Waals surface area (Å²) in [5.41, 5.74) is 1.99. The van der Waals surface area contributed by atoms with E-state index in [0.717, 1.165) is 11.1 Å². The summed E-state index contributed by atoms with van der Waals surface area (Å²) in [6.45, 7) is 1.85. The fourth-order valence-electron chi connectivity index (χ4n) is 1.15. The van der Waals surface area contributed by atoms with Gasteiger partial charge in [-0.05, 0) is 11.1 Å². The molecule has 14 heavy (non-hydrogen) atoms. The van der Waals surface area contributed by atoms with Gasteiger partial charge in [0.05, 0.1) is 26.4 Å². The molecule has 0 saturated heterocycles. The largest absolute Gasteiger partial charge is 0.392 e. The van der Waals surface area contributed by atoms with Crippen LogP contribution in [0.15, 0.2) is 24.3 Å². The number of aliphatic hydroxyl groups is 1. The molecule has 0 amide bonds. The summed E-state index contributed by atoms with van der Waals surface area (Å²) in [6, 6.07) is 7.72. The molecule has 0 radical (unpaired) electrons. The van der Waals surface area contributed by atoms with Crippen LogP contribution in [0.25, 0.3) is 0 Å². The van der Waals surface area contributed by atoms with E-state index in [-0.39, 0.29) is 6.61 Å². The Kier molecular flexibility index (Phi) is 5.22. The molecule has 1 rings (SSSR count). The SMILES string of the molecule is COCCOCc1cccc(CO)c1. The van der Waals surface area contributed by atoms with Gasteiger partial charge in [-0.25, -0.2) is 0 Å². The zero-order chi connectivity index (χ0) is 10.2. The number of hydrogen-bond donors (Lipinski definition) is 1. The minimum Gasteiger partial charge on any atom is -0.392 e. The summed E-state index contributed by atoms with van der Waals surface area (Å²) in [4.78, 5) is 0. The van der Waals surface area contributed by atoms with Gasteiger partial charge in [0, 0.05) is 7.11 Å². The molecular weight excluding hydrogens is 180 g/mol. The number of ether oxygens (including phenoxy) is 2. The quantitative estimate of drug-likeness (QED) is 0.698. The first kappa shape index (κ1) is 11.2. The van der Waals surface area contributed by atoms with Gasteiger partial charge in [-0.15, -0.1) is 0 Å². The molecule has 78 valence electrons. The van der Waals surface area contributed by atoms with E-state index in [9.17, 15) is 0 Å². The average molecular weight is 196 g/mol. The zero-order valence-electron chi connectivity index (χ0n) is 8.40. The molecule has 1 aromatic carbocycles. The predicted octanol–water partition coefficient (Wildman–Crippen LogP) is 1.34. The van der Waals surface area contributed by atoms with Gasteiger partial charge in [0.25, 0.3) is 0 Å².